The van der Waals surface area contributed by atoms with Gasteiger partial charge in [0.1, 0.15) is 0 Å². The van der Waals surface area contributed by atoms with E-state index >= 15 is 0 Å². The lowest BCUT2D eigenvalue weighted by atomic mass is 9.93. The lowest BCUT2D eigenvalue weighted by Crippen LogP contribution is -2.43. The van der Waals surface area contributed by atoms with Crippen molar-refractivity contribution in [1.82, 2.24) is 9.21 Å². The lowest BCUT2D eigenvalue weighted by Gasteiger charge is -2.35. The van der Waals surface area contributed by atoms with Gasteiger partial charge in [-0.15, -0.1) is 0 Å². The van der Waals surface area contributed by atoms with Crippen LogP contribution >= 0.6 is 15.9 Å². The van der Waals surface area contributed by atoms with E-state index in [9.17, 15) is 8.42 Å². The van der Waals surface area contributed by atoms with Crippen LogP contribution in [0.4, 0.5) is 0 Å². The topological polar surface area (TPSA) is 59.1 Å². The molecule has 0 unspecified atom stereocenters. The molecule has 32 heavy (non-hydrogen) atoms. The summed E-state index contributed by atoms with van der Waals surface area (Å²) in [5.74, 6) is 0. The van der Waals surface area contributed by atoms with Crippen molar-refractivity contribution in [2.24, 2.45) is 0 Å². The zero-order valence-corrected chi connectivity index (χ0v) is 22.4. The molecule has 0 bridgehead atoms. The van der Waals surface area contributed by atoms with Gasteiger partial charge in [0.2, 0.25) is 10.0 Å². The number of unbranched alkanes of at least 4 members (excludes halogenated alkanes) is 3. The molecule has 1 fully saturated rings. The van der Waals surface area contributed by atoms with E-state index in [4.69, 9.17) is 9.47 Å². The van der Waals surface area contributed by atoms with Gasteiger partial charge in [0.25, 0.3) is 0 Å². The van der Waals surface area contributed by atoms with Crippen LogP contribution in [0.25, 0.3) is 0 Å². The molecular weight excluding hydrogens is 492 g/mol. The SMILES string of the molecule is CCN([C@H]1CC[C@H](OCCCCCCN(C)CCOC)CC1)S(=O)(=O)c1ccc(Br)cc1. The molecular formula is C24H41BrN2O4S. The highest BCUT2D eigenvalue weighted by Gasteiger charge is 2.33. The summed E-state index contributed by atoms with van der Waals surface area (Å²) in [6.07, 6.45) is 8.59. The molecule has 0 radical (unpaired) electrons. The molecule has 1 aromatic rings. The summed E-state index contributed by atoms with van der Waals surface area (Å²) < 4.78 is 40.0. The number of hydrogen-bond acceptors (Lipinski definition) is 5. The van der Waals surface area contributed by atoms with Crippen LogP contribution in [0.15, 0.2) is 33.6 Å². The second-order valence-corrected chi connectivity index (χ2v) is 11.5. The Balaban J connectivity index is 1.65. The van der Waals surface area contributed by atoms with Crippen molar-refractivity contribution < 1.29 is 17.9 Å². The van der Waals surface area contributed by atoms with Crippen molar-refractivity contribution in [1.29, 1.82) is 0 Å². The molecule has 1 aliphatic carbocycles. The van der Waals surface area contributed by atoms with Crippen LogP contribution in [0.2, 0.25) is 0 Å². The van der Waals surface area contributed by atoms with E-state index in [0.717, 1.165) is 62.9 Å². The van der Waals surface area contributed by atoms with Crippen LogP contribution in [0, 0.1) is 0 Å². The van der Waals surface area contributed by atoms with Crippen LogP contribution in [-0.4, -0.2) is 76.8 Å². The molecule has 0 atom stereocenters. The standard InChI is InChI=1S/C24H41BrN2O4S/c1-4-27(32(28,29)24-15-9-21(25)10-16-24)22-11-13-23(14-12-22)31-19-8-6-5-7-17-26(2)18-20-30-3/h9-10,15-16,22-23H,4-8,11-14,17-20H2,1-3H3/t22-,23-. The second-order valence-electron chi connectivity index (χ2n) is 8.67. The minimum Gasteiger partial charge on any atom is -0.383 e. The van der Waals surface area contributed by atoms with Gasteiger partial charge in [0, 0.05) is 37.3 Å². The maximum absolute atomic E-state index is 13.1. The molecule has 0 spiro atoms. The maximum atomic E-state index is 13.1. The minimum absolute atomic E-state index is 0.0589. The van der Waals surface area contributed by atoms with Gasteiger partial charge in [0.15, 0.2) is 0 Å². The summed E-state index contributed by atoms with van der Waals surface area (Å²) in [6.45, 7) is 6.12. The number of nitrogens with zero attached hydrogens (tertiary/aromatic N) is 2. The van der Waals surface area contributed by atoms with E-state index in [1.54, 1.807) is 35.7 Å². The predicted octanol–water partition coefficient (Wildman–Crippen LogP) is 4.93. The summed E-state index contributed by atoms with van der Waals surface area (Å²) in [6, 6.07) is 6.97. The highest BCUT2D eigenvalue weighted by atomic mass is 79.9. The van der Waals surface area contributed by atoms with Crippen LogP contribution in [0.5, 0.6) is 0 Å². The van der Waals surface area contributed by atoms with Gasteiger partial charge in [-0.3, -0.25) is 0 Å². The average molecular weight is 534 g/mol. The molecule has 0 saturated heterocycles. The van der Waals surface area contributed by atoms with Crippen LogP contribution in [-0.2, 0) is 19.5 Å². The fourth-order valence-electron chi connectivity index (χ4n) is 4.31. The molecule has 0 N–H and O–H groups in total. The maximum Gasteiger partial charge on any atom is 0.243 e. The van der Waals surface area contributed by atoms with Gasteiger partial charge in [-0.1, -0.05) is 35.7 Å². The molecule has 1 aliphatic rings. The number of sulfonamides is 1. The largest absolute Gasteiger partial charge is 0.383 e. The highest BCUT2D eigenvalue weighted by Crippen LogP contribution is 2.29. The number of halogens is 1. The fraction of sp³-hybridized carbons (Fsp3) is 0.750. The number of rotatable bonds is 15. The number of hydrogen-bond donors (Lipinski definition) is 0. The first kappa shape index (κ1) is 27.7. The van der Waals surface area contributed by atoms with Gasteiger partial charge in [-0.05, 0) is 76.4 Å². The summed E-state index contributed by atoms with van der Waals surface area (Å²) in [4.78, 5) is 2.68. The van der Waals surface area contributed by atoms with Gasteiger partial charge in [-0.25, -0.2) is 8.42 Å². The van der Waals surface area contributed by atoms with E-state index in [1.165, 1.54) is 19.3 Å². The number of ether oxygens (including phenoxy) is 2. The van der Waals surface area contributed by atoms with Crippen LogP contribution < -0.4 is 0 Å². The van der Waals surface area contributed by atoms with Crippen LogP contribution in [0.3, 0.4) is 0 Å². The van der Waals surface area contributed by atoms with Crippen molar-refractivity contribution in [3.05, 3.63) is 28.7 Å². The van der Waals surface area contributed by atoms with Crippen molar-refractivity contribution in [2.75, 3.05) is 47.0 Å². The molecule has 1 saturated carbocycles. The summed E-state index contributed by atoms with van der Waals surface area (Å²) in [5.41, 5.74) is 0. The Kier molecular flexibility index (Phi) is 12.7. The van der Waals surface area contributed by atoms with Gasteiger partial charge in [0.05, 0.1) is 17.6 Å². The van der Waals surface area contributed by atoms with Crippen molar-refractivity contribution in [3.8, 4) is 0 Å². The smallest absolute Gasteiger partial charge is 0.243 e. The molecule has 2 rings (SSSR count). The first-order valence-electron chi connectivity index (χ1n) is 11.9. The van der Waals surface area contributed by atoms with Crippen molar-refractivity contribution in [3.63, 3.8) is 0 Å². The van der Waals surface area contributed by atoms with Crippen molar-refractivity contribution in [2.45, 2.75) is 75.3 Å². The van der Waals surface area contributed by atoms with E-state index in [2.05, 4.69) is 27.9 Å². The van der Waals surface area contributed by atoms with Crippen molar-refractivity contribution >= 4 is 26.0 Å². The Bertz CT molecular complexity index is 737. The molecule has 0 heterocycles. The third kappa shape index (κ3) is 9.03. The van der Waals surface area contributed by atoms with Crippen LogP contribution in [0.1, 0.15) is 58.3 Å². The molecule has 0 aliphatic heterocycles. The lowest BCUT2D eigenvalue weighted by molar-refractivity contribution is 0.0144. The third-order valence-corrected chi connectivity index (χ3v) is 8.82. The summed E-state index contributed by atoms with van der Waals surface area (Å²) in [7, 11) is 0.418. The first-order chi connectivity index (χ1) is 15.4. The second kappa shape index (κ2) is 14.7. The van der Waals surface area contributed by atoms with E-state index < -0.39 is 10.0 Å². The van der Waals surface area contributed by atoms with E-state index in [0.29, 0.717) is 11.4 Å². The molecule has 0 aromatic heterocycles. The zero-order valence-electron chi connectivity index (χ0n) is 20.0. The minimum atomic E-state index is -3.47. The summed E-state index contributed by atoms with van der Waals surface area (Å²) in [5, 5.41) is 0. The highest BCUT2D eigenvalue weighted by molar-refractivity contribution is 9.10. The number of benzene rings is 1. The normalized spacial score (nSPS) is 19.7. The zero-order chi connectivity index (χ0) is 23.4. The molecule has 1 aromatic carbocycles. The van der Waals surface area contributed by atoms with Gasteiger partial charge in [-0.2, -0.15) is 4.31 Å². The summed E-state index contributed by atoms with van der Waals surface area (Å²) >= 11 is 3.37. The first-order valence-corrected chi connectivity index (χ1v) is 14.2. The van der Waals surface area contributed by atoms with Gasteiger partial charge >= 0.3 is 0 Å². The molecule has 0 amide bonds. The number of methoxy groups -OCH3 is 1. The Labute approximate surface area is 203 Å². The van der Waals surface area contributed by atoms with E-state index in [1.807, 2.05) is 6.92 Å². The quantitative estimate of drug-likeness (QED) is 0.300. The monoisotopic (exact) mass is 532 g/mol. The Morgan fingerprint density at radius 3 is 2.25 bits per heavy atom. The Morgan fingerprint density at radius 1 is 0.969 bits per heavy atom. The van der Waals surface area contributed by atoms with Gasteiger partial charge < -0.3 is 14.4 Å². The number of likely N-dealkylation sites (N-methyl/N-ethyl adjacent to an activating group) is 1. The predicted molar refractivity (Wildman–Crippen MR) is 134 cm³/mol. The Hall–Kier alpha value is -0.510. The van der Waals surface area contributed by atoms with E-state index in [-0.39, 0.29) is 12.1 Å². The molecule has 184 valence electrons. The Morgan fingerprint density at radius 2 is 1.62 bits per heavy atom. The molecule has 6 nitrogen and oxygen atoms in total. The third-order valence-electron chi connectivity index (χ3n) is 6.25. The fourth-order valence-corrected chi connectivity index (χ4v) is 6.27. The molecule has 8 heteroatoms. The average Bonchev–Trinajstić information content (AvgIpc) is 2.78.